The molecule has 0 bridgehead atoms. The van der Waals surface area contributed by atoms with Crippen molar-refractivity contribution in [1.82, 2.24) is 4.98 Å². The molecule has 1 heterocycles. The van der Waals surface area contributed by atoms with Gasteiger partial charge in [0.05, 0.1) is 4.88 Å². The van der Waals surface area contributed by atoms with Gasteiger partial charge in [-0.2, -0.15) is 13.2 Å². The number of nitrogens with zero attached hydrogens (tertiary/aromatic N) is 1. The van der Waals surface area contributed by atoms with Crippen LogP contribution in [0.15, 0.2) is 28.9 Å². The Balaban J connectivity index is 2.36. The first kappa shape index (κ1) is 14.1. The normalized spacial score (nSPS) is 11.6. The van der Waals surface area contributed by atoms with Crippen LogP contribution in [0.4, 0.5) is 17.6 Å². The van der Waals surface area contributed by atoms with Crippen molar-refractivity contribution in [1.29, 1.82) is 0 Å². The predicted molar refractivity (Wildman–Crippen MR) is 64.6 cm³/mol. The lowest BCUT2D eigenvalue weighted by molar-refractivity contribution is -0.137. The van der Waals surface area contributed by atoms with Gasteiger partial charge in [0, 0.05) is 16.2 Å². The van der Waals surface area contributed by atoms with E-state index in [2.05, 4.69) is 20.9 Å². The minimum Gasteiger partial charge on any atom is -0.288 e. The van der Waals surface area contributed by atoms with Crippen LogP contribution in [-0.4, -0.2) is 10.8 Å². The third-order valence-electron chi connectivity index (χ3n) is 2.10. The Bertz CT molecular complexity index is 618. The summed E-state index contributed by atoms with van der Waals surface area (Å²) in [6.45, 7) is 0. The van der Waals surface area contributed by atoms with Gasteiger partial charge in [0.15, 0.2) is 5.01 Å². The van der Waals surface area contributed by atoms with E-state index in [1.807, 2.05) is 0 Å². The van der Waals surface area contributed by atoms with Gasteiger partial charge < -0.3 is 0 Å². The third kappa shape index (κ3) is 3.19. The van der Waals surface area contributed by atoms with Crippen molar-refractivity contribution in [3.63, 3.8) is 0 Å². The summed E-state index contributed by atoms with van der Waals surface area (Å²) in [6.07, 6.45) is -3.75. The van der Waals surface area contributed by atoms with E-state index in [9.17, 15) is 22.4 Å². The van der Waals surface area contributed by atoms with Crippen molar-refractivity contribution < 1.29 is 22.4 Å². The van der Waals surface area contributed by atoms with E-state index < -0.39 is 22.8 Å². The summed E-state index contributed by atoms with van der Waals surface area (Å²) < 4.78 is 50.5. The molecule has 19 heavy (non-hydrogen) atoms. The van der Waals surface area contributed by atoms with E-state index in [1.54, 1.807) is 0 Å². The smallest absolute Gasteiger partial charge is 0.288 e. The number of ketones is 1. The van der Waals surface area contributed by atoms with E-state index in [0.717, 1.165) is 18.3 Å². The molecule has 0 aliphatic heterocycles. The largest absolute Gasteiger partial charge is 0.443 e. The summed E-state index contributed by atoms with van der Waals surface area (Å²) in [7, 11) is 0. The second-order valence-corrected chi connectivity index (χ2v) is 5.46. The van der Waals surface area contributed by atoms with Gasteiger partial charge in [-0.25, -0.2) is 9.37 Å². The number of carbonyl (C=O) groups excluding carboxylic acids is 1. The summed E-state index contributed by atoms with van der Waals surface area (Å²) in [5.41, 5.74) is -0.0377. The first-order valence-electron chi connectivity index (χ1n) is 4.81. The maximum Gasteiger partial charge on any atom is 0.443 e. The molecular formula is C11H4BrF4NOS. The fourth-order valence-corrected chi connectivity index (χ4v) is 2.55. The zero-order valence-electron chi connectivity index (χ0n) is 8.96. The molecular weight excluding hydrogens is 350 g/mol. The van der Waals surface area contributed by atoms with Crippen LogP contribution in [0.5, 0.6) is 0 Å². The van der Waals surface area contributed by atoms with Crippen LogP contribution < -0.4 is 0 Å². The van der Waals surface area contributed by atoms with E-state index in [4.69, 9.17) is 0 Å². The molecule has 0 aliphatic carbocycles. The monoisotopic (exact) mass is 353 g/mol. The molecule has 0 amide bonds. The van der Waals surface area contributed by atoms with Gasteiger partial charge in [0.2, 0.25) is 5.78 Å². The summed E-state index contributed by atoms with van der Waals surface area (Å²) in [6, 6.07) is 3.43. The highest BCUT2D eigenvalue weighted by Gasteiger charge is 2.35. The average Bonchev–Trinajstić information content (AvgIpc) is 2.75. The Hall–Kier alpha value is -1.28. The van der Waals surface area contributed by atoms with E-state index in [0.29, 0.717) is 4.47 Å². The second kappa shape index (κ2) is 5.01. The van der Waals surface area contributed by atoms with Crippen LogP contribution in [0.3, 0.4) is 0 Å². The first-order chi connectivity index (χ1) is 8.77. The SMILES string of the molecule is O=C(c1cc(F)cc(Br)c1)c1cnc(C(F)(F)F)s1. The molecule has 0 saturated heterocycles. The summed E-state index contributed by atoms with van der Waals surface area (Å²) in [5.74, 6) is -1.36. The minimum atomic E-state index is -4.59. The first-order valence-corrected chi connectivity index (χ1v) is 6.42. The number of hydrogen-bond acceptors (Lipinski definition) is 3. The van der Waals surface area contributed by atoms with Crippen LogP contribution in [0.25, 0.3) is 0 Å². The summed E-state index contributed by atoms with van der Waals surface area (Å²) in [4.78, 5) is 14.9. The zero-order chi connectivity index (χ0) is 14.2. The number of benzene rings is 1. The van der Waals surface area contributed by atoms with Gasteiger partial charge in [0.25, 0.3) is 0 Å². The molecule has 0 radical (unpaired) electrons. The number of carbonyl (C=O) groups is 1. The van der Waals surface area contributed by atoms with Crippen LogP contribution >= 0.6 is 27.3 Å². The Morgan fingerprint density at radius 2 is 1.95 bits per heavy atom. The van der Waals surface area contributed by atoms with Gasteiger partial charge in [-0.3, -0.25) is 4.79 Å². The molecule has 2 nitrogen and oxygen atoms in total. The van der Waals surface area contributed by atoms with E-state index >= 15 is 0 Å². The average molecular weight is 354 g/mol. The predicted octanol–water partition coefficient (Wildman–Crippen LogP) is 4.29. The van der Waals surface area contributed by atoms with E-state index in [-0.39, 0.29) is 21.8 Å². The van der Waals surface area contributed by atoms with Crippen molar-refractivity contribution in [3.8, 4) is 0 Å². The Labute approximate surface area is 117 Å². The van der Waals surface area contributed by atoms with E-state index in [1.165, 1.54) is 6.07 Å². The fourth-order valence-electron chi connectivity index (χ4n) is 1.34. The standard InChI is InChI=1S/C11H4BrF4NOS/c12-6-1-5(2-7(13)3-6)9(18)8-4-17-10(19-8)11(14,15)16/h1-4H. The molecule has 0 N–H and O–H groups in total. The Morgan fingerprint density at radius 3 is 2.47 bits per heavy atom. The molecule has 2 rings (SSSR count). The number of aromatic nitrogens is 1. The molecule has 0 fully saturated rings. The zero-order valence-corrected chi connectivity index (χ0v) is 11.4. The third-order valence-corrected chi connectivity index (χ3v) is 3.60. The molecule has 0 unspecified atom stereocenters. The summed E-state index contributed by atoms with van der Waals surface area (Å²) in [5, 5.41) is -1.11. The highest BCUT2D eigenvalue weighted by Crippen LogP contribution is 2.33. The van der Waals surface area contributed by atoms with Crippen molar-refractivity contribution in [2.24, 2.45) is 0 Å². The van der Waals surface area contributed by atoms with Crippen molar-refractivity contribution in [3.05, 3.63) is 50.1 Å². The number of alkyl halides is 3. The molecule has 2 aromatic rings. The van der Waals surface area contributed by atoms with Gasteiger partial charge in [-0.05, 0) is 18.2 Å². The van der Waals surface area contributed by atoms with Crippen LogP contribution in [0.2, 0.25) is 0 Å². The minimum absolute atomic E-state index is 0.0377. The lowest BCUT2D eigenvalue weighted by Crippen LogP contribution is -2.03. The van der Waals surface area contributed by atoms with Gasteiger partial charge in [-0.15, -0.1) is 11.3 Å². The van der Waals surface area contributed by atoms with Gasteiger partial charge in [0.1, 0.15) is 5.82 Å². The molecule has 8 heteroatoms. The lowest BCUT2D eigenvalue weighted by atomic mass is 10.1. The number of hydrogen-bond donors (Lipinski definition) is 0. The van der Waals surface area contributed by atoms with Crippen molar-refractivity contribution in [2.45, 2.75) is 6.18 Å². The number of rotatable bonds is 2. The van der Waals surface area contributed by atoms with Gasteiger partial charge >= 0.3 is 6.18 Å². The van der Waals surface area contributed by atoms with Gasteiger partial charge in [-0.1, -0.05) is 15.9 Å². The molecule has 0 saturated carbocycles. The lowest BCUT2D eigenvalue weighted by Gasteiger charge is -2.00. The quantitative estimate of drug-likeness (QED) is 0.595. The number of thiazole rings is 1. The van der Waals surface area contributed by atoms with Crippen molar-refractivity contribution >= 4 is 33.0 Å². The highest BCUT2D eigenvalue weighted by molar-refractivity contribution is 9.10. The number of halogens is 5. The van der Waals surface area contributed by atoms with Crippen molar-refractivity contribution in [2.75, 3.05) is 0 Å². The molecule has 1 aromatic carbocycles. The molecule has 100 valence electrons. The maximum atomic E-state index is 13.1. The Morgan fingerprint density at radius 1 is 1.26 bits per heavy atom. The Kier molecular flexibility index (Phi) is 3.73. The maximum absolute atomic E-state index is 13.1. The molecule has 1 aromatic heterocycles. The fraction of sp³-hybridized carbons (Fsp3) is 0.0909. The molecule has 0 spiro atoms. The van der Waals surface area contributed by atoms with Crippen LogP contribution in [0, 0.1) is 5.82 Å². The topological polar surface area (TPSA) is 30.0 Å². The molecule has 0 atom stereocenters. The molecule has 0 aliphatic rings. The second-order valence-electron chi connectivity index (χ2n) is 3.51. The van der Waals surface area contributed by atoms with Crippen LogP contribution in [-0.2, 0) is 6.18 Å². The van der Waals surface area contributed by atoms with Crippen LogP contribution in [0.1, 0.15) is 20.2 Å². The summed E-state index contributed by atoms with van der Waals surface area (Å²) >= 11 is 3.24. The highest BCUT2D eigenvalue weighted by atomic mass is 79.9.